The molecule has 2 aromatic carbocycles. The molecule has 61 heavy (non-hydrogen) atoms. The van der Waals surface area contributed by atoms with Crippen LogP contribution in [0.4, 0.5) is 9.59 Å². The van der Waals surface area contributed by atoms with Gasteiger partial charge in [0.2, 0.25) is 0 Å². The van der Waals surface area contributed by atoms with Crippen molar-refractivity contribution in [3.05, 3.63) is 71.8 Å². The highest BCUT2D eigenvalue weighted by molar-refractivity contribution is 6.00. The SMILES string of the molecule is CC[C@H]1OC(C)(C)O[C@@]1(C)[C@@H]1OC(=O)[C@H](C)C(=O)[C@H](C)[C@@H](O[C@@H]2OC(C)CC(N(C)C(=O)OCc3ccccc3)C2OC(=O)OCc2ccccc2)[C@@]2(C)CC(C)C(O2)[C@@H]1C. The Bertz CT molecular complexity index is 1840. The van der Waals surface area contributed by atoms with Crippen LogP contribution in [0.3, 0.4) is 0 Å². The van der Waals surface area contributed by atoms with Crippen molar-refractivity contribution in [3.8, 4) is 0 Å². The van der Waals surface area contributed by atoms with Crippen molar-refractivity contribution in [2.24, 2.45) is 23.7 Å². The van der Waals surface area contributed by atoms with Gasteiger partial charge in [0.25, 0.3) is 0 Å². The van der Waals surface area contributed by atoms with Crippen LogP contribution in [0.5, 0.6) is 0 Å². The quantitative estimate of drug-likeness (QED) is 0.130. The standard InChI is InChI=1S/C47H65NO13/c1-12-35-47(10,61-45(7,8)59-35)40-31(6)37-27(2)24-46(9,60-37)39(29(4)36(49)30(5)41(50)57-40)58-42-38(56-44(52)54-26-33-21-17-14-18-22-33)34(23-28(3)55-42)48(11)43(51)53-25-32-19-15-13-16-20-32/h13-22,27-31,34-35,37-40,42H,12,23-26H2,1-11H3/t27?,28?,29-,30+,31-,34?,35+,37?,38?,39+,40+,42-,46+,47+/m0/s1. The average Bonchev–Trinajstić information content (AvgIpc) is 3.69. The average molecular weight is 852 g/mol. The van der Waals surface area contributed by atoms with Crippen LogP contribution in [-0.2, 0) is 65.4 Å². The molecule has 4 fully saturated rings. The zero-order valence-corrected chi connectivity index (χ0v) is 37.5. The van der Waals surface area contributed by atoms with E-state index in [0.717, 1.165) is 11.1 Å². The van der Waals surface area contributed by atoms with E-state index in [4.69, 9.17) is 42.6 Å². The lowest BCUT2D eigenvalue weighted by molar-refractivity contribution is -0.296. The molecule has 1 amide bonds. The van der Waals surface area contributed by atoms with Crippen molar-refractivity contribution >= 4 is 24.0 Å². The van der Waals surface area contributed by atoms with E-state index >= 15 is 0 Å². The Balaban J connectivity index is 1.33. The molecule has 2 bridgehead atoms. The molecule has 336 valence electrons. The summed E-state index contributed by atoms with van der Waals surface area (Å²) in [6.45, 7) is 18.6. The third kappa shape index (κ3) is 10.1. The van der Waals surface area contributed by atoms with Crippen LogP contribution in [-0.4, -0.2) is 102 Å². The number of carbonyl (C=O) groups excluding carboxylic acids is 4. The summed E-state index contributed by atoms with van der Waals surface area (Å²) in [5, 5.41) is 0. The molecule has 4 saturated heterocycles. The van der Waals surface area contributed by atoms with Gasteiger partial charge in [-0.1, -0.05) is 88.4 Å². The van der Waals surface area contributed by atoms with Gasteiger partial charge in [-0.2, -0.15) is 0 Å². The fourth-order valence-electron chi connectivity index (χ4n) is 10.0. The van der Waals surface area contributed by atoms with Crippen LogP contribution in [0.1, 0.15) is 99.6 Å². The molecule has 0 aliphatic carbocycles. The van der Waals surface area contributed by atoms with E-state index < -0.39 is 108 Å². The van der Waals surface area contributed by atoms with Crippen molar-refractivity contribution in [3.63, 3.8) is 0 Å². The van der Waals surface area contributed by atoms with Gasteiger partial charge >= 0.3 is 18.2 Å². The summed E-state index contributed by atoms with van der Waals surface area (Å²) >= 11 is 0. The molecule has 0 aromatic heterocycles. The van der Waals surface area contributed by atoms with Crippen LogP contribution in [0.15, 0.2) is 60.7 Å². The first-order chi connectivity index (χ1) is 28.8. The normalized spacial score (nSPS) is 37.6. The minimum atomic E-state index is -1.31. The zero-order valence-electron chi connectivity index (χ0n) is 37.5. The molecule has 6 rings (SSSR count). The fraction of sp³-hybridized carbons (Fsp3) is 0.660. The first kappa shape index (κ1) is 46.4. The van der Waals surface area contributed by atoms with Crippen LogP contribution in [0.25, 0.3) is 0 Å². The first-order valence-corrected chi connectivity index (χ1v) is 21.7. The van der Waals surface area contributed by atoms with Crippen LogP contribution >= 0.6 is 0 Å². The summed E-state index contributed by atoms with van der Waals surface area (Å²) in [6.07, 6.45) is -6.10. The topological polar surface area (TPSA) is 155 Å². The second-order valence-electron chi connectivity index (χ2n) is 18.3. The molecule has 14 heteroatoms. The summed E-state index contributed by atoms with van der Waals surface area (Å²) in [7, 11) is 1.57. The number of likely N-dealkylation sites (N-methyl/N-ethyl adjacent to an activating group) is 1. The Morgan fingerprint density at radius 3 is 2.07 bits per heavy atom. The van der Waals surface area contributed by atoms with Gasteiger partial charge in [-0.05, 0) is 77.8 Å². The Hall–Kier alpha value is -4.08. The third-order valence-electron chi connectivity index (χ3n) is 13.0. The number of nitrogens with zero attached hydrogens (tertiary/aromatic N) is 1. The molecule has 14 nitrogen and oxygen atoms in total. The number of amides is 1. The second-order valence-corrected chi connectivity index (χ2v) is 18.3. The van der Waals surface area contributed by atoms with Crippen molar-refractivity contribution in [1.82, 2.24) is 4.90 Å². The molecular weight excluding hydrogens is 787 g/mol. The molecule has 4 heterocycles. The number of ether oxygens (including phenoxy) is 9. The molecular formula is C47H65NO13. The Kier molecular flexibility index (Phi) is 14.2. The highest BCUT2D eigenvalue weighted by Crippen LogP contribution is 2.50. The van der Waals surface area contributed by atoms with E-state index in [1.165, 1.54) is 11.8 Å². The molecule has 5 unspecified atom stereocenters. The number of hydrogen-bond acceptors (Lipinski definition) is 13. The maximum Gasteiger partial charge on any atom is 0.509 e. The molecule has 14 atom stereocenters. The fourth-order valence-corrected chi connectivity index (χ4v) is 10.0. The van der Waals surface area contributed by atoms with Gasteiger partial charge < -0.3 is 47.5 Å². The Labute approximate surface area is 360 Å². The van der Waals surface area contributed by atoms with E-state index in [1.807, 2.05) is 109 Å². The molecule has 4 aliphatic rings. The number of benzene rings is 2. The predicted octanol–water partition coefficient (Wildman–Crippen LogP) is 7.77. The summed E-state index contributed by atoms with van der Waals surface area (Å²) in [6, 6.07) is 17.6. The lowest BCUT2D eigenvalue weighted by Gasteiger charge is -2.46. The smallest absolute Gasteiger partial charge is 0.458 e. The molecule has 0 N–H and O–H groups in total. The molecule has 4 aliphatic heterocycles. The van der Waals surface area contributed by atoms with Crippen LogP contribution in [0.2, 0.25) is 0 Å². The highest BCUT2D eigenvalue weighted by atomic mass is 16.8. The summed E-state index contributed by atoms with van der Waals surface area (Å²) in [5.74, 6) is -4.66. The zero-order chi connectivity index (χ0) is 44.4. The number of rotatable bonds is 10. The number of carbonyl (C=O) groups is 4. The summed E-state index contributed by atoms with van der Waals surface area (Å²) in [5.41, 5.74) is -0.613. The van der Waals surface area contributed by atoms with Gasteiger partial charge in [0.05, 0.1) is 36.1 Å². The number of cyclic esters (lactones) is 1. The van der Waals surface area contributed by atoms with E-state index in [1.54, 1.807) is 14.0 Å². The van der Waals surface area contributed by atoms with E-state index in [-0.39, 0.29) is 25.6 Å². The molecule has 0 spiro atoms. The first-order valence-electron chi connectivity index (χ1n) is 21.7. The molecule has 0 saturated carbocycles. The van der Waals surface area contributed by atoms with Crippen molar-refractivity contribution in [2.75, 3.05) is 7.05 Å². The van der Waals surface area contributed by atoms with Gasteiger partial charge in [0.15, 0.2) is 24.0 Å². The number of Topliss-reactive ketones (excluding diaryl/α,β-unsaturated/α-hetero) is 1. The predicted molar refractivity (Wildman–Crippen MR) is 222 cm³/mol. The lowest BCUT2D eigenvalue weighted by atomic mass is 9.76. The van der Waals surface area contributed by atoms with Crippen molar-refractivity contribution in [1.29, 1.82) is 0 Å². The van der Waals surface area contributed by atoms with Gasteiger partial charge in [-0.3, -0.25) is 9.59 Å². The summed E-state index contributed by atoms with van der Waals surface area (Å²) < 4.78 is 57.1. The molecule has 2 aromatic rings. The number of esters is 1. The monoisotopic (exact) mass is 851 g/mol. The minimum Gasteiger partial charge on any atom is -0.458 e. The number of ketones is 1. The lowest BCUT2D eigenvalue weighted by Crippen LogP contribution is -2.60. The van der Waals surface area contributed by atoms with Gasteiger partial charge in [0.1, 0.15) is 30.8 Å². The minimum absolute atomic E-state index is 0.0269. The largest absolute Gasteiger partial charge is 0.509 e. The van der Waals surface area contributed by atoms with Crippen molar-refractivity contribution < 1.29 is 61.8 Å². The highest BCUT2D eigenvalue weighted by Gasteiger charge is 2.62. The van der Waals surface area contributed by atoms with Crippen LogP contribution in [0, 0.1) is 23.7 Å². The van der Waals surface area contributed by atoms with E-state index in [0.29, 0.717) is 12.8 Å². The van der Waals surface area contributed by atoms with Crippen LogP contribution < -0.4 is 0 Å². The Morgan fingerprint density at radius 1 is 0.852 bits per heavy atom. The second kappa shape index (κ2) is 18.7. The Morgan fingerprint density at radius 2 is 1.46 bits per heavy atom. The van der Waals surface area contributed by atoms with E-state index in [2.05, 4.69) is 6.92 Å². The van der Waals surface area contributed by atoms with E-state index in [9.17, 15) is 19.2 Å². The molecule has 0 radical (unpaired) electrons. The van der Waals surface area contributed by atoms with Gasteiger partial charge in [-0.25, -0.2) is 9.59 Å². The third-order valence-corrected chi connectivity index (χ3v) is 13.0. The number of fused-ring (bicyclic) bond motifs is 2. The van der Waals surface area contributed by atoms with Crippen molar-refractivity contribution in [2.45, 2.75) is 168 Å². The van der Waals surface area contributed by atoms with Gasteiger partial charge in [-0.15, -0.1) is 0 Å². The number of hydrogen-bond donors (Lipinski definition) is 0. The maximum absolute atomic E-state index is 14.5. The maximum atomic E-state index is 14.5. The van der Waals surface area contributed by atoms with Gasteiger partial charge in [0, 0.05) is 18.9 Å². The summed E-state index contributed by atoms with van der Waals surface area (Å²) in [4.78, 5) is 57.3.